The molecule has 5 heteroatoms. The average Bonchev–Trinajstić information content (AvgIpc) is 2.63. The predicted molar refractivity (Wildman–Crippen MR) is 94.5 cm³/mol. The molecule has 1 saturated heterocycles. The van der Waals surface area contributed by atoms with Gasteiger partial charge in [-0.1, -0.05) is 48.9 Å². The van der Waals surface area contributed by atoms with Gasteiger partial charge in [0.05, 0.1) is 0 Å². The highest BCUT2D eigenvalue weighted by Crippen LogP contribution is 2.23. The Hall–Kier alpha value is -2.37. The summed E-state index contributed by atoms with van der Waals surface area (Å²) in [5.41, 5.74) is 8.34. The molecular weight excluding hydrogens is 304 g/mol. The van der Waals surface area contributed by atoms with Crippen LogP contribution in [-0.2, 0) is 4.79 Å². The van der Waals surface area contributed by atoms with Gasteiger partial charge in [0.15, 0.2) is 6.10 Å². The van der Waals surface area contributed by atoms with Crippen LogP contribution in [0.5, 0.6) is 0 Å². The van der Waals surface area contributed by atoms with Crippen LogP contribution in [0.4, 0.5) is 5.69 Å². The molecule has 0 aliphatic carbocycles. The van der Waals surface area contributed by atoms with Crippen LogP contribution in [0.25, 0.3) is 0 Å². The molecule has 1 aliphatic rings. The molecule has 1 heterocycles. The maximum absolute atomic E-state index is 10.2. The molecule has 0 amide bonds. The fourth-order valence-electron chi connectivity index (χ4n) is 2.69. The first-order valence-corrected chi connectivity index (χ1v) is 8.12. The molecule has 128 valence electrons. The summed E-state index contributed by atoms with van der Waals surface area (Å²) in [5.74, 6) is -1.23. The second kappa shape index (κ2) is 9.05. The van der Waals surface area contributed by atoms with Crippen LogP contribution >= 0.6 is 0 Å². The number of nitrogen functional groups attached to an aromatic ring is 1. The molecule has 1 aliphatic heterocycles. The summed E-state index contributed by atoms with van der Waals surface area (Å²) in [6.45, 7) is 1.14. The summed E-state index contributed by atoms with van der Waals surface area (Å²) in [6, 6.07) is 17.0. The van der Waals surface area contributed by atoms with Gasteiger partial charge in [-0.25, -0.2) is 4.79 Å². The summed E-state index contributed by atoms with van der Waals surface area (Å²) < 4.78 is 0. The Kier molecular flexibility index (Phi) is 6.78. The van der Waals surface area contributed by atoms with Crippen molar-refractivity contribution < 1.29 is 15.0 Å². The SMILES string of the molecule is Nc1cccc([C@@H]2CCCCN2)c1.O=C(O)C(O)c1ccccc1. The van der Waals surface area contributed by atoms with Gasteiger partial charge in [-0.15, -0.1) is 0 Å². The quantitative estimate of drug-likeness (QED) is 0.650. The molecule has 0 spiro atoms. The van der Waals surface area contributed by atoms with Crippen LogP contribution in [0.15, 0.2) is 54.6 Å². The first kappa shape index (κ1) is 18.0. The van der Waals surface area contributed by atoms with Crippen LogP contribution in [0.3, 0.4) is 0 Å². The van der Waals surface area contributed by atoms with E-state index in [1.165, 1.54) is 24.8 Å². The van der Waals surface area contributed by atoms with Crippen molar-refractivity contribution >= 4 is 11.7 Å². The largest absolute Gasteiger partial charge is 0.479 e. The van der Waals surface area contributed by atoms with E-state index >= 15 is 0 Å². The fraction of sp³-hybridized carbons (Fsp3) is 0.316. The van der Waals surface area contributed by atoms with E-state index in [0.29, 0.717) is 11.6 Å². The highest BCUT2D eigenvalue weighted by Gasteiger charge is 2.14. The van der Waals surface area contributed by atoms with Crippen LogP contribution < -0.4 is 11.1 Å². The zero-order valence-corrected chi connectivity index (χ0v) is 13.6. The Morgan fingerprint density at radius 2 is 1.88 bits per heavy atom. The van der Waals surface area contributed by atoms with Crippen LogP contribution in [-0.4, -0.2) is 22.7 Å². The lowest BCUT2D eigenvalue weighted by molar-refractivity contribution is -0.146. The van der Waals surface area contributed by atoms with E-state index in [4.69, 9.17) is 15.9 Å². The highest BCUT2D eigenvalue weighted by molar-refractivity contribution is 5.73. The number of aliphatic carboxylic acids is 1. The number of aliphatic hydroxyl groups excluding tert-OH is 1. The molecule has 1 fully saturated rings. The lowest BCUT2D eigenvalue weighted by atomic mass is 9.97. The molecule has 3 rings (SSSR count). The number of nitrogens with one attached hydrogen (secondary N) is 1. The second-order valence-electron chi connectivity index (χ2n) is 5.82. The van der Waals surface area contributed by atoms with E-state index in [1.807, 2.05) is 12.1 Å². The van der Waals surface area contributed by atoms with Crippen LogP contribution in [0.2, 0.25) is 0 Å². The summed E-state index contributed by atoms with van der Waals surface area (Å²) >= 11 is 0. The lowest BCUT2D eigenvalue weighted by Gasteiger charge is -2.23. The molecule has 2 aromatic rings. The van der Waals surface area contributed by atoms with Crippen molar-refractivity contribution in [2.45, 2.75) is 31.4 Å². The Morgan fingerprint density at radius 3 is 2.46 bits per heavy atom. The minimum absolute atomic E-state index is 0.403. The van der Waals surface area contributed by atoms with Gasteiger partial charge in [0.2, 0.25) is 0 Å². The number of piperidine rings is 1. The zero-order valence-electron chi connectivity index (χ0n) is 13.6. The van der Waals surface area contributed by atoms with Crippen LogP contribution in [0.1, 0.15) is 42.5 Å². The summed E-state index contributed by atoms with van der Waals surface area (Å²) in [6.07, 6.45) is 2.46. The van der Waals surface area contributed by atoms with Crippen molar-refractivity contribution in [2.24, 2.45) is 0 Å². The normalized spacial score (nSPS) is 18.1. The van der Waals surface area contributed by atoms with Gasteiger partial charge in [-0.3, -0.25) is 0 Å². The predicted octanol–water partition coefficient (Wildman–Crippen LogP) is 2.89. The third-order valence-corrected chi connectivity index (χ3v) is 3.97. The number of rotatable bonds is 3. The number of carboxylic acid groups (broad SMARTS) is 1. The first-order chi connectivity index (χ1) is 11.6. The van der Waals surface area contributed by atoms with Gasteiger partial charge in [0, 0.05) is 11.7 Å². The van der Waals surface area contributed by atoms with Crippen LogP contribution in [0, 0.1) is 0 Å². The average molecular weight is 328 g/mol. The summed E-state index contributed by atoms with van der Waals surface area (Å²) in [7, 11) is 0. The summed E-state index contributed by atoms with van der Waals surface area (Å²) in [4.78, 5) is 10.2. The molecule has 0 radical (unpaired) electrons. The molecule has 24 heavy (non-hydrogen) atoms. The van der Waals surface area contributed by atoms with Crippen molar-refractivity contribution in [1.29, 1.82) is 0 Å². The van der Waals surface area contributed by atoms with Gasteiger partial charge < -0.3 is 21.3 Å². The van der Waals surface area contributed by atoms with Gasteiger partial charge in [-0.2, -0.15) is 0 Å². The van der Waals surface area contributed by atoms with Crippen molar-refractivity contribution in [1.82, 2.24) is 5.32 Å². The number of aliphatic hydroxyl groups is 1. The van der Waals surface area contributed by atoms with E-state index in [2.05, 4.69) is 17.4 Å². The molecule has 1 unspecified atom stereocenters. The Bertz CT molecular complexity index is 640. The molecule has 2 aromatic carbocycles. The lowest BCUT2D eigenvalue weighted by Crippen LogP contribution is -2.26. The van der Waals surface area contributed by atoms with Crippen molar-refractivity contribution in [3.8, 4) is 0 Å². The summed E-state index contributed by atoms with van der Waals surface area (Å²) in [5, 5.41) is 20.9. The smallest absolute Gasteiger partial charge is 0.337 e. The number of hydrogen-bond donors (Lipinski definition) is 4. The van der Waals surface area contributed by atoms with Gasteiger partial charge in [-0.05, 0) is 42.6 Å². The molecule has 0 aromatic heterocycles. The number of benzene rings is 2. The Morgan fingerprint density at radius 1 is 1.12 bits per heavy atom. The standard InChI is InChI=1S/C11H16N2.C8H8O3/c12-10-5-3-4-9(8-10)11-6-1-2-7-13-11;9-7(8(10)11)6-4-2-1-3-5-6/h3-5,8,11,13H,1-2,6-7,12H2;1-5,7,9H,(H,10,11)/t11-;/m0./s1. The van der Waals surface area contributed by atoms with E-state index in [1.54, 1.807) is 30.3 Å². The minimum Gasteiger partial charge on any atom is -0.479 e. The van der Waals surface area contributed by atoms with Crippen molar-refractivity contribution in [2.75, 3.05) is 12.3 Å². The molecule has 0 bridgehead atoms. The fourth-order valence-corrected chi connectivity index (χ4v) is 2.69. The number of hydrogen-bond acceptors (Lipinski definition) is 4. The first-order valence-electron chi connectivity index (χ1n) is 8.12. The number of anilines is 1. The zero-order chi connectivity index (χ0) is 17.4. The number of carbonyl (C=O) groups is 1. The Labute approximate surface area is 142 Å². The van der Waals surface area contributed by atoms with E-state index < -0.39 is 12.1 Å². The van der Waals surface area contributed by atoms with E-state index in [9.17, 15) is 4.79 Å². The minimum atomic E-state index is -1.41. The number of carboxylic acids is 1. The monoisotopic (exact) mass is 328 g/mol. The Balaban J connectivity index is 0.000000177. The van der Waals surface area contributed by atoms with Gasteiger partial charge in [0.25, 0.3) is 0 Å². The molecule has 0 saturated carbocycles. The highest BCUT2D eigenvalue weighted by atomic mass is 16.4. The third kappa shape index (κ3) is 5.37. The molecule has 2 atom stereocenters. The molecular formula is C19H24N2O3. The number of nitrogens with two attached hydrogens (primary N) is 1. The van der Waals surface area contributed by atoms with Gasteiger partial charge in [0.1, 0.15) is 0 Å². The maximum atomic E-state index is 10.2. The van der Waals surface area contributed by atoms with E-state index in [0.717, 1.165) is 12.2 Å². The topological polar surface area (TPSA) is 95.6 Å². The molecule has 5 N–H and O–H groups in total. The third-order valence-electron chi connectivity index (χ3n) is 3.97. The van der Waals surface area contributed by atoms with Gasteiger partial charge >= 0.3 is 5.97 Å². The molecule has 5 nitrogen and oxygen atoms in total. The van der Waals surface area contributed by atoms with E-state index in [-0.39, 0.29) is 0 Å². The van der Waals surface area contributed by atoms with Crippen molar-refractivity contribution in [3.63, 3.8) is 0 Å². The maximum Gasteiger partial charge on any atom is 0.337 e. The van der Waals surface area contributed by atoms with Crippen molar-refractivity contribution in [3.05, 3.63) is 65.7 Å². The second-order valence-corrected chi connectivity index (χ2v) is 5.82.